The van der Waals surface area contributed by atoms with Gasteiger partial charge in [0.05, 0.1) is 11.1 Å². The van der Waals surface area contributed by atoms with E-state index in [9.17, 15) is 0 Å². The van der Waals surface area contributed by atoms with Gasteiger partial charge in [-0.1, -0.05) is 128 Å². The highest BCUT2D eigenvalue weighted by Crippen LogP contribution is 2.65. The van der Waals surface area contributed by atoms with E-state index in [-0.39, 0.29) is 5.66 Å². The van der Waals surface area contributed by atoms with E-state index in [2.05, 4.69) is 107 Å². The van der Waals surface area contributed by atoms with Crippen LogP contribution in [0.1, 0.15) is 38.8 Å². The summed E-state index contributed by atoms with van der Waals surface area (Å²) in [5.41, 5.74) is 10.3. The molecule has 0 amide bonds. The standard InChI is InChI=1S/C38H35OP/c1-6-16-33-28(4)29(5)36(38(33)34-22-13-11-20-31(34)32-21-12-14-23-35(32)38)25-27(3)40(39,30-18-8-7-9-19-30)37-24-15-10-17-26(37)2/h6-25,37H,2H2,1,3-5H3/b16-6-,27-25+. The van der Waals surface area contributed by atoms with E-state index >= 15 is 4.57 Å². The number of hydrogen-bond acceptors (Lipinski definition) is 1. The van der Waals surface area contributed by atoms with Crippen LogP contribution in [0, 0.1) is 0 Å². The van der Waals surface area contributed by atoms with Crippen molar-refractivity contribution in [3.05, 3.63) is 172 Å². The van der Waals surface area contributed by atoms with Gasteiger partial charge >= 0.3 is 0 Å². The lowest BCUT2D eigenvalue weighted by Crippen LogP contribution is -2.28. The highest BCUT2D eigenvalue weighted by molar-refractivity contribution is 7.76. The molecule has 0 N–H and O–H groups in total. The average molecular weight is 539 g/mol. The van der Waals surface area contributed by atoms with Crippen LogP contribution in [0.3, 0.4) is 0 Å². The van der Waals surface area contributed by atoms with Crippen LogP contribution in [-0.2, 0) is 9.98 Å². The quantitative estimate of drug-likeness (QED) is 0.296. The summed E-state index contributed by atoms with van der Waals surface area (Å²) in [6, 6.07) is 27.6. The highest BCUT2D eigenvalue weighted by atomic mass is 31.2. The molecular formula is C38H35OP. The van der Waals surface area contributed by atoms with Crippen molar-refractivity contribution >= 4 is 12.4 Å². The molecule has 3 aromatic carbocycles. The smallest absolute Gasteiger partial charge is 0.149 e. The molecule has 0 radical (unpaired) electrons. The van der Waals surface area contributed by atoms with E-state index in [4.69, 9.17) is 0 Å². The monoisotopic (exact) mass is 538 g/mol. The van der Waals surface area contributed by atoms with Gasteiger partial charge in [0.15, 0.2) is 0 Å². The molecule has 0 bridgehead atoms. The first-order valence-corrected chi connectivity index (χ1v) is 15.8. The Morgan fingerprint density at radius 2 is 1.40 bits per heavy atom. The van der Waals surface area contributed by atoms with Crippen molar-refractivity contribution in [3.63, 3.8) is 0 Å². The fourth-order valence-electron chi connectivity index (χ4n) is 7.02. The van der Waals surface area contributed by atoms with Gasteiger partial charge in [-0.05, 0) is 83.1 Å². The summed E-state index contributed by atoms with van der Waals surface area (Å²) in [5.74, 6) is 0. The molecular weight excluding hydrogens is 503 g/mol. The normalized spacial score (nSPS) is 20.9. The maximum absolute atomic E-state index is 15.5. The Balaban J connectivity index is 1.66. The van der Waals surface area contributed by atoms with Gasteiger partial charge in [-0.15, -0.1) is 0 Å². The van der Waals surface area contributed by atoms with Gasteiger partial charge in [0.1, 0.15) is 7.14 Å². The molecule has 0 saturated carbocycles. The van der Waals surface area contributed by atoms with Crippen LogP contribution < -0.4 is 5.30 Å². The molecule has 6 rings (SSSR count). The lowest BCUT2D eigenvalue weighted by atomic mass is 9.68. The minimum atomic E-state index is -3.10. The fraction of sp³-hybridized carbons (Fsp3) is 0.158. The van der Waals surface area contributed by atoms with E-state index in [0.29, 0.717) is 0 Å². The first-order valence-electron chi connectivity index (χ1n) is 14.0. The fourth-order valence-corrected chi connectivity index (χ4v) is 10.0. The van der Waals surface area contributed by atoms with Gasteiger partial charge in [-0.25, -0.2) is 0 Å². The Morgan fingerprint density at radius 3 is 2.00 bits per heavy atom. The van der Waals surface area contributed by atoms with Gasteiger partial charge in [0.2, 0.25) is 0 Å². The minimum Gasteiger partial charge on any atom is -0.313 e. The van der Waals surface area contributed by atoms with Crippen molar-refractivity contribution < 1.29 is 4.57 Å². The molecule has 0 fully saturated rings. The molecule has 2 unspecified atom stereocenters. The third-order valence-corrected chi connectivity index (χ3v) is 12.5. The summed E-state index contributed by atoms with van der Waals surface area (Å²) in [7, 11) is -3.10. The Bertz CT molecular complexity index is 1730. The largest absolute Gasteiger partial charge is 0.313 e. The van der Waals surface area contributed by atoms with Gasteiger partial charge < -0.3 is 4.57 Å². The average Bonchev–Trinajstić information content (AvgIpc) is 3.39. The summed E-state index contributed by atoms with van der Waals surface area (Å²) in [4.78, 5) is 0. The van der Waals surface area contributed by atoms with Crippen LogP contribution >= 0.6 is 7.14 Å². The second kappa shape index (κ2) is 9.92. The highest BCUT2D eigenvalue weighted by Gasteiger charge is 2.52. The maximum Gasteiger partial charge on any atom is 0.149 e. The molecule has 1 nitrogen and oxygen atoms in total. The SMILES string of the molecule is C=C1C=CC=CC1P(=O)(/C(C)=C/C1=C(C)C(C)=C(/C=C\C)C12c1ccccc1-c1ccccc12)c1ccccc1. The van der Waals surface area contributed by atoms with Crippen LogP contribution in [0.4, 0.5) is 0 Å². The first-order chi connectivity index (χ1) is 19.4. The van der Waals surface area contributed by atoms with Crippen molar-refractivity contribution in [3.8, 4) is 11.1 Å². The first kappa shape index (κ1) is 26.3. The summed E-state index contributed by atoms with van der Waals surface area (Å²) in [5, 5.41) is 1.76. The maximum atomic E-state index is 15.5. The molecule has 0 aromatic heterocycles. The Hall–Kier alpha value is -3.93. The van der Waals surface area contributed by atoms with E-state index in [0.717, 1.165) is 16.2 Å². The molecule has 0 saturated heterocycles. The van der Waals surface area contributed by atoms with Crippen LogP contribution in [0.2, 0.25) is 0 Å². The van der Waals surface area contributed by atoms with Crippen LogP contribution in [0.15, 0.2) is 161 Å². The molecule has 40 heavy (non-hydrogen) atoms. The van der Waals surface area contributed by atoms with Crippen molar-refractivity contribution in [2.75, 3.05) is 0 Å². The number of hydrogen-bond donors (Lipinski definition) is 0. The molecule has 3 aromatic rings. The summed E-state index contributed by atoms with van der Waals surface area (Å²) >= 11 is 0. The molecule has 3 aliphatic rings. The third-order valence-electron chi connectivity index (χ3n) is 8.97. The molecule has 198 valence electrons. The minimum absolute atomic E-state index is 0.276. The summed E-state index contributed by atoms with van der Waals surface area (Å²) in [6.07, 6.45) is 14.7. The van der Waals surface area contributed by atoms with E-state index in [1.807, 2.05) is 48.6 Å². The number of benzene rings is 3. The van der Waals surface area contributed by atoms with Crippen molar-refractivity contribution in [1.29, 1.82) is 0 Å². The zero-order valence-electron chi connectivity index (χ0n) is 23.7. The number of fused-ring (bicyclic) bond motifs is 5. The van der Waals surface area contributed by atoms with E-state index in [1.54, 1.807) is 0 Å². The molecule has 1 spiro atoms. The van der Waals surface area contributed by atoms with Crippen molar-refractivity contribution in [2.45, 2.75) is 38.8 Å². The second-order valence-corrected chi connectivity index (χ2v) is 14.1. The Labute approximate surface area is 238 Å². The predicted octanol–water partition coefficient (Wildman–Crippen LogP) is 9.82. The second-order valence-electron chi connectivity index (χ2n) is 11.0. The lowest BCUT2D eigenvalue weighted by Gasteiger charge is -2.34. The van der Waals surface area contributed by atoms with Crippen LogP contribution in [0.5, 0.6) is 0 Å². The van der Waals surface area contributed by atoms with Gasteiger partial charge in [0, 0.05) is 5.30 Å². The van der Waals surface area contributed by atoms with Crippen molar-refractivity contribution in [2.24, 2.45) is 0 Å². The lowest BCUT2D eigenvalue weighted by molar-refractivity contribution is 0.583. The molecule has 2 atom stereocenters. The van der Waals surface area contributed by atoms with E-state index in [1.165, 1.54) is 44.5 Å². The molecule has 2 heteroatoms. The van der Waals surface area contributed by atoms with Gasteiger partial charge in [-0.3, -0.25) is 0 Å². The molecule has 0 heterocycles. The molecule has 3 aliphatic carbocycles. The number of rotatable bonds is 5. The topological polar surface area (TPSA) is 17.1 Å². The zero-order valence-corrected chi connectivity index (χ0v) is 24.6. The van der Waals surface area contributed by atoms with Gasteiger partial charge in [0.25, 0.3) is 0 Å². The van der Waals surface area contributed by atoms with Crippen LogP contribution in [0.25, 0.3) is 11.1 Å². The predicted molar refractivity (Wildman–Crippen MR) is 172 cm³/mol. The van der Waals surface area contributed by atoms with Crippen LogP contribution in [-0.4, -0.2) is 5.66 Å². The summed E-state index contributed by atoms with van der Waals surface area (Å²) < 4.78 is 15.5. The Kier molecular flexibility index (Phi) is 6.52. The third kappa shape index (κ3) is 3.58. The van der Waals surface area contributed by atoms with Gasteiger partial charge in [-0.2, -0.15) is 0 Å². The van der Waals surface area contributed by atoms with E-state index < -0.39 is 12.6 Å². The zero-order chi connectivity index (χ0) is 28.1. The van der Waals surface area contributed by atoms with Crippen molar-refractivity contribution in [1.82, 2.24) is 0 Å². The molecule has 0 aliphatic heterocycles. The Morgan fingerprint density at radius 1 is 0.825 bits per heavy atom. The number of allylic oxidation sites excluding steroid dienone is 13. The summed E-state index contributed by atoms with van der Waals surface area (Å²) in [6.45, 7) is 12.9.